The third kappa shape index (κ3) is 2.44. The first kappa shape index (κ1) is 10.5. The van der Waals surface area contributed by atoms with Crippen LogP contribution in [0.4, 0.5) is 0 Å². The number of hydrogen-bond donors (Lipinski definition) is 0. The van der Waals surface area contributed by atoms with Gasteiger partial charge in [0.1, 0.15) is 0 Å². The highest BCUT2D eigenvalue weighted by atomic mass is 35.5. The van der Waals surface area contributed by atoms with Crippen molar-refractivity contribution in [2.75, 3.05) is 0 Å². The molecule has 2 heteroatoms. The molecule has 72 valence electrons. The predicted octanol–water partition coefficient (Wildman–Crippen LogP) is 3.59. The van der Waals surface area contributed by atoms with Crippen LogP contribution in [0.15, 0.2) is 12.3 Å². The second-order valence-electron chi connectivity index (χ2n) is 4.26. The SMILES string of the molecule is CCc1cc(Cl)cnc1C(C)(C)C. The van der Waals surface area contributed by atoms with Gasteiger partial charge in [-0.2, -0.15) is 0 Å². The Kier molecular flexibility index (Phi) is 2.97. The molecule has 0 saturated carbocycles. The molecule has 0 saturated heterocycles. The highest BCUT2D eigenvalue weighted by Gasteiger charge is 2.18. The van der Waals surface area contributed by atoms with E-state index >= 15 is 0 Å². The zero-order valence-corrected chi connectivity index (χ0v) is 9.44. The highest BCUT2D eigenvalue weighted by molar-refractivity contribution is 6.30. The molecule has 0 amide bonds. The van der Waals surface area contributed by atoms with Crippen LogP contribution in [0.1, 0.15) is 39.0 Å². The smallest absolute Gasteiger partial charge is 0.0592 e. The summed E-state index contributed by atoms with van der Waals surface area (Å²) >= 11 is 5.88. The summed E-state index contributed by atoms with van der Waals surface area (Å²) in [5, 5.41) is 0.727. The molecule has 1 aromatic rings. The van der Waals surface area contributed by atoms with E-state index in [9.17, 15) is 0 Å². The molecule has 0 bridgehead atoms. The first-order valence-electron chi connectivity index (χ1n) is 4.60. The van der Waals surface area contributed by atoms with Crippen LogP contribution >= 0.6 is 11.6 Å². The van der Waals surface area contributed by atoms with E-state index in [1.807, 2.05) is 6.07 Å². The average Bonchev–Trinajstić information content (AvgIpc) is 2.01. The van der Waals surface area contributed by atoms with Crippen LogP contribution in [0.2, 0.25) is 5.02 Å². The molecule has 0 aromatic carbocycles. The van der Waals surface area contributed by atoms with E-state index in [1.165, 1.54) is 5.56 Å². The van der Waals surface area contributed by atoms with Crippen molar-refractivity contribution in [2.45, 2.75) is 39.5 Å². The lowest BCUT2D eigenvalue weighted by Gasteiger charge is -2.20. The van der Waals surface area contributed by atoms with Gasteiger partial charge in [-0.25, -0.2) is 0 Å². The van der Waals surface area contributed by atoms with Gasteiger partial charge in [0.15, 0.2) is 0 Å². The minimum Gasteiger partial charge on any atom is -0.259 e. The Morgan fingerprint density at radius 1 is 1.38 bits per heavy atom. The second-order valence-corrected chi connectivity index (χ2v) is 4.70. The number of rotatable bonds is 1. The molecule has 13 heavy (non-hydrogen) atoms. The lowest BCUT2D eigenvalue weighted by molar-refractivity contribution is 0.561. The molecule has 0 aliphatic carbocycles. The van der Waals surface area contributed by atoms with Crippen LogP contribution in [0, 0.1) is 0 Å². The van der Waals surface area contributed by atoms with Crippen LogP contribution in [-0.2, 0) is 11.8 Å². The number of pyridine rings is 1. The Morgan fingerprint density at radius 2 is 2.00 bits per heavy atom. The molecular weight excluding hydrogens is 182 g/mol. The largest absolute Gasteiger partial charge is 0.259 e. The minimum atomic E-state index is 0.107. The van der Waals surface area contributed by atoms with Crippen molar-refractivity contribution in [3.8, 4) is 0 Å². The van der Waals surface area contributed by atoms with E-state index < -0.39 is 0 Å². The number of aryl methyl sites for hydroxylation is 1. The van der Waals surface area contributed by atoms with Gasteiger partial charge in [0.25, 0.3) is 0 Å². The molecule has 0 atom stereocenters. The van der Waals surface area contributed by atoms with Gasteiger partial charge in [-0.1, -0.05) is 39.3 Å². The molecule has 0 radical (unpaired) electrons. The van der Waals surface area contributed by atoms with E-state index in [4.69, 9.17) is 11.6 Å². The van der Waals surface area contributed by atoms with Crippen molar-refractivity contribution in [3.63, 3.8) is 0 Å². The molecular formula is C11H16ClN. The number of hydrogen-bond acceptors (Lipinski definition) is 1. The first-order valence-corrected chi connectivity index (χ1v) is 4.98. The summed E-state index contributed by atoms with van der Waals surface area (Å²) in [5.41, 5.74) is 2.51. The molecule has 1 rings (SSSR count). The fraction of sp³-hybridized carbons (Fsp3) is 0.545. The third-order valence-electron chi connectivity index (χ3n) is 2.02. The monoisotopic (exact) mass is 197 g/mol. The summed E-state index contributed by atoms with van der Waals surface area (Å²) in [6, 6.07) is 2.01. The Hall–Kier alpha value is -0.560. The van der Waals surface area contributed by atoms with Crippen molar-refractivity contribution in [1.82, 2.24) is 4.98 Å². The van der Waals surface area contributed by atoms with E-state index in [1.54, 1.807) is 6.20 Å². The summed E-state index contributed by atoms with van der Waals surface area (Å²) in [4.78, 5) is 4.39. The van der Waals surface area contributed by atoms with E-state index in [0.717, 1.165) is 17.1 Å². The predicted molar refractivity (Wildman–Crippen MR) is 57.3 cm³/mol. The zero-order valence-electron chi connectivity index (χ0n) is 8.69. The molecule has 0 unspecified atom stereocenters. The number of nitrogens with zero attached hydrogens (tertiary/aromatic N) is 1. The molecule has 1 nitrogen and oxygen atoms in total. The number of halogens is 1. The van der Waals surface area contributed by atoms with Crippen molar-refractivity contribution >= 4 is 11.6 Å². The van der Waals surface area contributed by atoms with Crippen LogP contribution in [0.25, 0.3) is 0 Å². The Morgan fingerprint density at radius 3 is 2.46 bits per heavy atom. The van der Waals surface area contributed by atoms with Crippen molar-refractivity contribution in [3.05, 3.63) is 28.5 Å². The van der Waals surface area contributed by atoms with Gasteiger partial charge < -0.3 is 0 Å². The van der Waals surface area contributed by atoms with Crippen molar-refractivity contribution in [1.29, 1.82) is 0 Å². The fourth-order valence-electron chi connectivity index (χ4n) is 1.43. The molecule has 0 fully saturated rings. The van der Waals surface area contributed by atoms with E-state index in [2.05, 4.69) is 32.7 Å². The standard InChI is InChI=1S/C11H16ClN/c1-5-8-6-9(12)7-13-10(8)11(2,3)4/h6-7H,5H2,1-4H3. The second kappa shape index (κ2) is 3.67. The summed E-state index contributed by atoms with van der Waals surface area (Å²) in [7, 11) is 0. The zero-order chi connectivity index (χ0) is 10.1. The van der Waals surface area contributed by atoms with Crippen molar-refractivity contribution in [2.24, 2.45) is 0 Å². The maximum atomic E-state index is 5.88. The Balaban J connectivity index is 3.22. The van der Waals surface area contributed by atoms with Gasteiger partial charge in [-0.15, -0.1) is 0 Å². The first-order chi connectivity index (χ1) is 5.95. The van der Waals surface area contributed by atoms with Gasteiger partial charge in [0.2, 0.25) is 0 Å². The van der Waals surface area contributed by atoms with Crippen LogP contribution in [-0.4, -0.2) is 4.98 Å². The molecule has 0 aliphatic rings. The fourth-order valence-corrected chi connectivity index (χ4v) is 1.61. The molecule has 0 aliphatic heterocycles. The van der Waals surface area contributed by atoms with Gasteiger partial charge in [-0.05, 0) is 18.1 Å². The normalized spacial score (nSPS) is 11.8. The highest BCUT2D eigenvalue weighted by Crippen LogP contribution is 2.25. The minimum absolute atomic E-state index is 0.107. The summed E-state index contributed by atoms with van der Waals surface area (Å²) < 4.78 is 0. The van der Waals surface area contributed by atoms with Crippen LogP contribution in [0.5, 0.6) is 0 Å². The van der Waals surface area contributed by atoms with Gasteiger partial charge in [0.05, 0.1) is 5.02 Å². The van der Waals surface area contributed by atoms with Gasteiger partial charge >= 0.3 is 0 Å². The third-order valence-corrected chi connectivity index (χ3v) is 2.23. The van der Waals surface area contributed by atoms with E-state index in [-0.39, 0.29) is 5.41 Å². The topological polar surface area (TPSA) is 12.9 Å². The van der Waals surface area contributed by atoms with Crippen LogP contribution in [0.3, 0.4) is 0 Å². The van der Waals surface area contributed by atoms with E-state index in [0.29, 0.717) is 0 Å². The molecule has 0 N–H and O–H groups in total. The molecule has 0 spiro atoms. The summed E-state index contributed by atoms with van der Waals surface area (Å²) in [6.45, 7) is 8.63. The van der Waals surface area contributed by atoms with Crippen LogP contribution < -0.4 is 0 Å². The number of aromatic nitrogens is 1. The summed E-state index contributed by atoms with van der Waals surface area (Å²) in [6.07, 6.45) is 2.71. The van der Waals surface area contributed by atoms with Gasteiger partial charge in [0, 0.05) is 17.3 Å². The lowest BCUT2D eigenvalue weighted by Crippen LogP contribution is -2.16. The summed E-state index contributed by atoms with van der Waals surface area (Å²) in [5.74, 6) is 0. The van der Waals surface area contributed by atoms with Gasteiger partial charge in [-0.3, -0.25) is 4.98 Å². The maximum Gasteiger partial charge on any atom is 0.0592 e. The average molecular weight is 198 g/mol. The Labute approximate surface area is 85.1 Å². The molecule has 1 aromatic heterocycles. The quantitative estimate of drug-likeness (QED) is 0.671. The Bertz CT molecular complexity index is 299. The lowest BCUT2D eigenvalue weighted by atomic mass is 9.88. The molecule has 1 heterocycles. The maximum absolute atomic E-state index is 5.88. The van der Waals surface area contributed by atoms with Crippen molar-refractivity contribution < 1.29 is 0 Å².